The summed E-state index contributed by atoms with van der Waals surface area (Å²) in [6, 6.07) is 10.6. The minimum absolute atomic E-state index is 0.140. The summed E-state index contributed by atoms with van der Waals surface area (Å²) in [5.41, 5.74) is 0.893. The summed E-state index contributed by atoms with van der Waals surface area (Å²) in [7, 11) is -3.61. The second-order valence-electron chi connectivity index (χ2n) is 8.56. The number of thiophene rings is 1. The quantitative estimate of drug-likeness (QED) is 0.665. The second-order valence-corrected chi connectivity index (χ2v) is 12.0. The van der Waals surface area contributed by atoms with Crippen LogP contribution >= 0.6 is 11.3 Å². The van der Waals surface area contributed by atoms with Crippen molar-refractivity contribution < 1.29 is 18.0 Å². The number of nitrogens with one attached hydrogen (secondary N) is 2. The van der Waals surface area contributed by atoms with Crippen molar-refractivity contribution in [2.75, 3.05) is 18.4 Å². The molecule has 2 fully saturated rings. The van der Waals surface area contributed by atoms with Gasteiger partial charge in [0, 0.05) is 24.0 Å². The molecule has 0 spiro atoms. The summed E-state index contributed by atoms with van der Waals surface area (Å²) in [6.07, 6.45) is 5.43. The molecule has 4 rings (SSSR count). The van der Waals surface area contributed by atoms with E-state index in [2.05, 4.69) is 10.6 Å². The SMILES string of the molecule is Cc1ccc(S(=O)(=O)N2CCCC(C(=O)Nc3ccccc3C(=O)NC3CCCC3)C2)s1. The highest BCUT2D eigenvalue weighted by atomic mass is 32.2. The molecule has 1 aromatic carbocycles. The van der Waals surface area contributed by atoms with Crippen LogP contribution in [0.3, 0.4) is 0 Å². The number of hydrogen-bond donors (Lipinski definition) is 2. The van der Waals surface area contributed by atoms with Crippen LogP contribution in [0.4, 0.5) is 5.69 Å². The topological polar surface area (TPSA) is 95.6 Å². The van der Waals surface area contributed by atoms with Crippen LogP contribution in [-0.4, -0.2) is 43.7 Å². The molecule has 1 aliphatic carbocycles. The predicted molar refractivity (Wildman–Crippen MR) is 125 cm³/mol. The van der Waals surface area contributed by atoms with Gasteiger partial charge >= 0.3 is 0 Å². The molecule has 1 aromatic heterocycles. The Kier molecular flexibility index (Phi) is 6.97. The lowest BCUT2D eigenvalue weighted by atomic mass is 9.98. The van der Waals surface area contributed by atoms with Crippen LogP contribution in [0, 0.1) is 12.8 Å². The Morgan fingerprint density at radius 2 is 1.78 bits per heavy atom. The average molecular weight is 476 g/mol. The maximum Gasteiger partial charge on any atom is 0.253 e. The molecule has 7 nitrogen and oxygen atoms in total. The van der Waals surface area contributed by atoms with E-state index in [1.165, 1.54) is 15.6 Å². The van der Waals surface area contributed by atoms with Gasteiger partial charge in [0.1, 0.15) is 4.21 Å². The predicted octanol–water partition coefficient (Wildman–Crippen LogP) is 3.77. The molecular weight excluding hydrogens is 446 g/mol. The van der Waals surface area contributed by atoms with Crippen molar-refractivity contribution in [2.24, 2.45) is 5.92 Å². The zero-order valence-electron chi connectivity index (χ0n) is 18.2. The van der Waals surface area contributed by atoms with Crippen molar-refractivity contribution in [3.8, 4) is 0 Å². The fourth-order valence-corrected chi connectivity index (χ4v) is 7.37. The van der Waals surface area contributed by atoms with Crippen LogP contribution in [-0.2, 0) is 14.8 Å². The average Bonchev–Trinajstić information content (AvgIpc) is 3.46. The van der Waals surface area contributed by atoms with Crippen LogP contribution in [0.1, 0.15) is 53.8 Å². The first-order valence-electron chi connectivity index (χ1n) is 11.1. The van der Waals surface area contributed by atoms with E-state index in [9.17, 15) is 18.0 Å². The fraction of sp³-hybridized carbons (Fsp3) is 0.478. The molecule has 32 heavy (non-hydrogen) atoms. The molecule has 1 saturated heterocycles. The summed E-state index contributed by atoms with van der Waals surface area (Å²) in [5.74, 6) is -0.910. The van der Waals surface area contributed by atoms with Crippen LogP contribution in [0.5, 0.6) is 0 Å². The van der Waals surface area contributed by atoms with Gasteiger partial charge < -0.3 is 10.6 Å². The summed E-state index contributed by atoms with van der Waals surface area (Å²) >= 11 is 1.24. The van der Waals surface area contributed by atoms with E-state index in [0.29, 0.717) is 34.8 Å². The lowest BCUT2D eigenvalue weighted by Crippen LogP contribution is -2.43. The molecule has 2 amide bonds. The number of sulfonamides is 1. The van der Waals surface area contributed by atoms with E-state index in [4.69, 9.17) is 0 Å². The number of rotatable bonds is 6. The number of aryl methyl sites for hydroxylation is 1. The van der Waals surface area contributed by atoms with Gasteiger partial charge in [-0.2, -0.15) is 4.31 Å². The van der Waals surface area contributed by atoms with Gasteiger partial charge in [-0.15, -0.1) is 11.3 Å². The summed E-state index contributed by atoms with van der Waals surface area (Å²) < 4.78 is 27.7. The molecule has 1 aliphatic heterocycles. The third-order valence-corrected chi connectivity index (χ3v) is 9.52. The van der Waals surface area contributed by atoms with Crippen molar-refractivity contribution in [3.05, 3.63) is 46.8 Å². The molecule has 2 N–H and O–H groups in total. The number of para-hydroxylation sites is 1. The number of carbonyl (C=O) groups excluding carboxylic acids is 2. The number of anilines is 1. The van der Waals surface area contributed by atoms with Gasteiger partial charge in [0.2, 0.25) is 5.91 Å². The Hall–Kier alpha value is -2.23. The lowest BCUT2D eigenvalue weighted by molar-refractivity contribution is -0.120. The van der Waals surface area contributed by atoms with Crippen molar-refractivity contribution in [2.45, 2.75) is 55.7 Å². The van der Waals surface area contributed by atoms with Gasteiger partial charge in [0.15, 0.2) is 0 Å². The second kappa shape index (κ2) is 9.72. The molecule has 0 bridgehead atoms. The standard InChI is InChI=1S/C23H29N3O4S2/c1-16-12-13-21(31-16)32(29,30)26-14-6-7-17(15-26)22(27)25-20-11-5-4-10-19(20)23(28)24-18-8-2-3-9-18/h4-5,10-13,17-18H,2-3,6-9,14-15H2,1H3,(H,24,28)(H,25,27). The number of piperidine rings is 1. The van der Waals surface area contributed by atoms with Crippen LogP contribution < -0.4 is 10.6 Å². The Labute approximate surface area is 193 Å². The smallest absolute Gasteiger partial charge is 0.253 e. The van der Waals surface area contributed by atoms with E-state index in [0.717, 1.165) is 30.6 Å². The first kappa shape index (κ1) is 22.9. The molecular formula is C23H29N3O4S2. The van der Waals surface area contributed by atoms with E-state index >= 15 is 0 Å². The normalized spacial score (nSPS) is 20.2. The van der Waals surface area contributed by atoms with E-state index < -0.39 is 15.9 Å². The van der Waals surface area contributed by atoms with Gasteiger partial charge in [0.05, 0.1) is 17.2 Å². The summed E-state index contributed by atoms with van der Waals surface area (Å²) in [5, 5.41) is 5.94. The number of amides is 2. The van der Waals surface area contributed by atoms with Crippen molar-refractivity contribution in [1.82, 2.24) is 9.62 Å². The molecule has 172 valence electrons. The van der Waals surface area contributed by atoms with Gasteiger partial charge in [-0.1, -0.05) is 25.0 Å². The molecule has 9 heteroatoms. The molecule has 1 unspecified atom stereocenters. The van der Waals surface area contributed by atoms with Gasteiger partial charge in [0.25, 0.3) is 15.9 Å². The number of hydrogen-bond acceptors (Lipinski definition) is 5. The minimum atomic E-state index is -3.61. The fourth-order valence-electron chi connectivity index (χ4n) is 4.41. The number of nitrogens with zero attached hydrogens (tertiary/aromatic N) is 1. The first-order chi connectivity index (χ1) is 15.3. The van der Waals surface area contributed by atoms with Gasteiger partial charge in [-0.25, -0.2) is 8.42 Å². The largest absolute Gasteiger partial charge is 0.349 e. The van der Waals surface area contributed by atoms with Crippen LogP contribution in [0.25, 0.3) is 0 Å². The molecule has 0 radical (unpaired) electrons. The molecule has 2 heterocycles. The first-order valence-corrected chi connectivity index (χ1v) is 13.4. The highest BCUT2D eigenvalue weighted by Crippen LogP contribution is 2.29. The monoisotopic (exact) mass is 475 g/mol. The van der Waals surface area contributed by atoms with Crippen molar-refractivity contribution in [1.29, 1.82) is 0 Å². The third kappa shape index (κ3) is 5.05. The van der Waals surface area contributed by atoms with Gasteiger partial charge in [-0.05, 0) is 56.9 Å². The van der Waals surface area contributed by atoms with E-state index in [-0.39, 0.29) is 24.4 Å². The lowest BCUT2D eigenvalue weighted by Gasteiger charge is -2.31. The van der Waals surface area contributed by atoms with Crippen LogP contribution in [0.15, 0.2) is 40.6 Å². The zero-order valence-corrected chi connectivity index (χ0v) is 19.8. The minimum Gasteiger partial charge on any atom is -0.349 e. The molecule has 1 atom stereocenters. The maximum atomic E-state index is 13.0. The van der Waals surface area contributed by atoms with Gasteiger partial charge in [-0.3, -0.25) is 9.59 Å². The molecule has 1 saturated carbocycles. The summed E-state index contributed by atoms with van der Waals surface area (Å²) in [4.78, 5) is 26.7. The summed E-state index contributed by atoms with van der Waals surface area (Å²) in [6.45, 7) is 2.42. The van der Waals surface area contributed by atoms with Crippen LogP contribution in [0.2, 0.25) is 0 Å². The van der Waals surface area contributed by atoms with Crippen molar-refractivity contribution in [3.63, 3.8) is 0 Å². The Morgan fingerprint density at radius 3 is 2.50 bits per heavy atom. The highest BCUT2D eigenvalue weighted by Gasteiger charge is 2.34. The van der Waals surface area contributed by atoms with Crippen molar-refractivity contribution >= 4 is 38.9 Å². The number of carbonyl (C=O) groups is 2. The Bertz CT molecular complexity index is 1090. The number of benzene rings is 1. The third-order valence-electron chi connectivity index (χ3n) is 6.18. The maximum absolute atomic E-state index is 13.0. The van der Waals surface area contributed by atoms with E-state index in [1.807, 2.05) is 6.92 Å². The Balaban J connectivity index is 1.44. The highest BCUT2D eigenvalue weighted by molar-refractivity contribution is 7.91. The zero-order chi connectivity index (χ0) is 22.7. The molecule has 2 aliphatic rings. The van der Waals surface area contributed by atoms with E-state index in [1.54, 1.807) is 36.4 Å². The molecule has 2 aromatic rings. The Morgan fingerprint density at radius 1 is 1.03 bits per heavy atom.